The maximum Gasteiger partial charge on any atom is 0.135 e. The second kappa shape index (κ2) is 11.7. The second-order valence-electron chi connectivity index (χ2n) is 13.7. The van der Waals surface area contributed by atoms with Gasteiger partial charge in [-0.3, -0.25) is 0 Å². The SMILES string of the molecule is c1ccc(-n2c3ccccc3c3cc(-c4ccc(N(c5ccc6ccccc6c5)c5ccc6oc7ccccc7c6c5)c5ccccc45)ccc32)cc1. The van der Waals surface area contributed by atoms with E-state index in [0.717, 1.165) is 44.7 Å². The lowest BCUT2D eigenvalue weighted by Crippen LogP contribution is -2.10. The molecule has 3 heteroatoms. The molecule has 0 bridgehead atoms. The Kier molecular flexibility index (Phi) is 6.55. The predicted octanol–water partition coefficient (Wildman–Crippen LogP) is 14.1. The zero-order valence-electron chi connectivity index (χ0n) is 28.8. The highest BCUT2D eigenvalue weighted by atomic mass is 16.3. The lowest BCUT2D eigenvalue weighted by molar-refractivity contribution is 0.669. The van der Waals surface area contributed by atoms with Gasteiger partial charge >= 0.3 is 0 Å². The Bertz CT molecular complexity index is 3190. The van der Waals surface area contributed by atoms with Gasteiger partial charge in [0.2, 0.25) is 0 Å². The highest BCUT2D eigenvalue weighted by molar-refractivity contribution is 6.13. The van der Waals surface area contributed by atoms with Crippen LogP contribution in [0.2, 0.25) is 0 Å². The molecule has 53 heavy (non-hydrogen) atoms. The highest BCUT2D eigenvalue weighted by Gasteiger charge is 2.20. The molecule has 2 aromatic heterocycles. The van der Waals surface area contributed by atoms with Crippen molar-refractivity contribution in [1.29, 1.82) is 0 Å². The first-order chi connectivity index (χ1) is 26.3. The molecule has 0 saturated heterocycles. The van der Waals surface area contributed by atoms with Gasteiger partial charge in [-0.15, -0.1) is 0 Å². The topological polar surface area (TPSA) is 21.3 Å². The Labute approximate surface area is 306 Å². The summed E-state index contributed by atoms with van der Waals surface area (Å²) in [5, 5.41) is 9.52. The number of para-hydroxylation sites is 3. The van der Waals surface area contributed by atoms with Crippen LogP contribution in [0.25, 0.3) is 82.1 Å². The summed E-state index contributed by atoms with van der Waals surface area (Å²) >= 11 is 0. The predicted molar refractivity (Wildman–Crippen MR) is 223 cm³/mol. The van der Waals surface area contributed by atoms with Gasteiger partial charge in [0.05, 0.1) is 16.7 Å². The number of hydrogen-bond donors (Lipinski definition) is 0. The van der Waals surface area contributed by atoms with Gasteiger partial charge in [0.1, 0.15) is 11.2 Å². The molecule has 0 saturated carbocycles. The number of hydrogen-bond acceptors (Lipinski definition) is 2. The fourth-order valence-electron chi connectivity index (χ4n) is 8.32. The molecule has 0 N–H and O–H groups in total. The molecule has 0 atom stereocenters. The van der Waals surface area contributed by atoms with E-state index in [1.54, 1.807) is 0 Å². The summed E-state index contributed by atoms with van der Waals surface area (Å²) in [5.74, 6) is 0. The Balaban J connectivity index is 1.13. The number of nitrogens with zero attached hydrogens (tertiary/aromatic N) is 2. The summed E-state index contributed by atoms with van der Waals surface area (Å²) in [6, 6.07) is 69.9. The van der Waals surface area contributed by atoms with Gasteiger partial charge in [0.25, 0.3) is 0 Å². The smallest absolute Gasteiger partial charge is 0.135 e. The van der Waals surface area contributed by atoms with E-state index < -0.39 is 0 Å². The monoisotopic (exact) mass is 676 g/mol. The number of furan rings is 1. The molecule has 0 spiro atoms. The van der Waals surface area contributed by atoms with Crippen LogP contribution in [0, 0.1) is 0 Å². The number of rotatable bonds is 5. The van der Waals surface area contributed by atoms with Gasteiger partial charge in [0.15, 0.2) is 0 Å². The molecule has 3 nitrogen and oxygen atoms in total. The van der Waals surface area contributed by atoms with Crippen LogP contribution in [-0.2, 0) is 0 Å². The van der Waals surface area contributed by atoms with Crippen LogP contribution >= 0.6 is 0 Å². The zero-order chi connectivity index (χ0) is 34.9. The van der Waals surface area contributed by atoms with Crippen molar-refractivity contribution in [2.75, 3.05) is 4.90 Å². The highest BCUT2D eigenvalue weighted by Crippen LogP contribution is 2.45. The van der Waals surface area contributed by atoms with E-state index in [4.69, 9.17) is 4.42 Å². The van der Waals surface area contributed by atoms with Crippen molar-refractivity contribution in [1.82, 2.24) is 4.57 Å². The molecule has 2 heterocycles. The maximum atomic E-state index is 6.26. The van der Waals surface area contributed by atoms with Crippen molar-refractivity contribution >= 4 is 82.4 Å². The van der Waals surface area contributed by atoms with Crippen LogP contribution in [0.1, 0.15) is 0 Å². The number of aromatic nitrogens is 1. The summed E-state index contributed by atoms with van der Waals surface area (Å²) in [6.45, 7) is 0. The van der Waals surface area contributed by atoms with E-state index in [9.17, 15) is 0 Å². The molecule has 0 aliphatic rings. The molecule has 9 aromatic carbocycles. The average molecular weight is 677 g/mol. The van der Waals surface area contributed by atoms with Crippen molar-refractivity contribution in [3.8, 4) is 16.8 Å². The van der Waals surface area contributed by atoms with Crippen molar-refractivity contribution in [2.24, 2.45) is 0 Å². The minimum absolute atomic E-state index is 0.887. The average Bonchev–Trinajstić information content (AvgIpc) is 3.76. The van der Waals surface area contributed by atoms with Crippen LogP contribution in [0.3, 0.4) is 0 Å². The molecule has 0 unspecified atom stereocenters. The first-order valence-corrected chi connectivity index (χ1v) is 18.1. The Morgan fingerprint density at radius 1 is 0.377 bits per heavy atom. The van der Waals surface area contributed by atoms with E-state index in [2.05, 4.69) is 191 Å². The minimum atomic E-state index is 0.887. The Hall–Kier alpha value is -7.10. The van der Waals surface area contributed by atoms with Gasteiger partial charge in [-0.1, -0.05) is 121 Å². The third kappa shape index (κ3) is 4.68. The lowest BCUT2D eigenvalue weighted by Gasteiger charge is -2.28. The number of benzene rings is 9. The van der Waals surface area contributed by atoms with Crippen molar-refractivity contribution < 1.29 is 4.42 Å². The van der Waals surface area contributed by atoms with E-state index in [1.165, 1.54) is 54.5 Å². The lowest BCUT2D eigenvalue weighted by atomic mass is 9.95. The molecule has 248 valence electrons. The molecular weight excluding hydrogens is 645 g/mol. The van der Waals surface area contributed by atoms with Crippen LogP contribution in [0.5, 0.6) is 0 Å². The van der Waals surface area contributed by atoms with Gasteiger partial charge in [-0.2, -0.15) is 0 Å². The third-order valence-electron chi connectivity index (χ3n) is 10.7. The van der Waals surface area contributed by atoms with Crippen LogP contribution < -0.4 is 4.90 Å². The molecule has 0 aliphatic heterocycles. The van der Waals surface area contributed by atoms with Crippen molar-refractivity contribution in [3.63, 3.8) is 0 Å². The standard InChI is InChI=1S/C50H32N2O/c1-2-14-36(15-3-1)52-46-20-10-8-18-42(46)44-31-35(23-27-48(44)52)39-26-28-47(41-17-7-6-16-40(39)41)51(37-24-22-33-12-4-5-13-34(33)30-37)38-25-29-50-45(32-38)43-19-9-11-21-49(43)53-50/h1-32H. The Morgan fingerprint density at radius 3 is 1.92 bits per heavy atom. The first-order valence-electron chi connectivity index (χ1n) is 18.1. The van der Waals surface area contributed by atoms with Gasteiger partial charge < -0.3 is 13.9 Å². The van der Waals surface area contributed by atoms with Crippen LogP contribution in [0.15, 0.2) is 199 Å². The van der Waals surface area contributed by atoms with Gasteiger partial charge in [0, 0.05) is 44.0 Å². The minimum Gasteiger partial charge on any atom is -0.456 e. The van der Waals surface area contributed by atoms with E-state index in [-0.39, 0.29) is 0 Å². The number of anilines is 3. The van der Waals surface area contributed by atoms with E-state index in [1.807, 2.05) is 12.1 Å². The summed E-state index contributed by atoms with van der Waals surface area (Å²) in [6.07, 6.45) is 0. The van der Waals surface area contributed by atoms with Gasteiger partial charge in [-0.25, -0.2) is 0 Å². The molecule has 0 fully saturated rings. The molecule has 0 radical (unpaired) electrons. The number of fused-ring (bicyclic) bond motifs is 8. The fraction of sp³-hybridized carbons (Fsp3) is 0. The van der Waals surface area contributed by atoms with Crippen molar-refractivity contribution in [3.05, 3.63) is 194 Å². The normalized spacial score (nSPS) is 11.8. The fourth-order valence-corrected chi connectivity index (χ4v) is 8.32. The van der Waals surface area contributed by atoms with Crippen LogP contribution in [-0.4, -0.2) is 4.57 Å². The first kappa shape index (κ1) is 29.6. The molecule has 11 aromatic rings. The summed E-state index contributed by atoms with van der Waals surface area (Å²) in [7, 11) is 0. The third-order valence-corrected chi connectivity index (χ3v) is 10.7. The molecule has 0 aliphatic carbocycles. The Morgan fingerprint density at radius 2 is 1.04 bits per heavy atom. The van der Waals surface area contributed by atoms with E-state index >= 15 is 0 Å². The van der Waals surface area contributed by atoms with E-state index in [0.29, 0.717) is 0 Å². The molecule has 0 amide bonds. The largest absolute Gasteiger partial charge is 0.456 e. The van der Waals surface area contributed by atoms with Gasteiger partial charge in [-0.05, 0) is 100 Å². The molecule has 11 rings (SSSR count). The summed E-state index contributed by atoms with van der Waals surface area (Å²) in [5.41, 5.74) is 11.1. The summed E-state index contributed by atoms with van der Waals surface area (Å²) in [4.78, 5) is 2.40. The zero-order valence-corrected chi connectivity index (χ0v) is 28.8. The molecular formula is C50H32N2O. The summed E-state index contributed by atoms with van der Waals surface area (Å²) < 4.78 is 8.63. The second-order valence-corrected chi connectivity index (χ2v) is 13.7. The van der Waals surface area contributed by atoms with Crippen LogP contribution in [0.4, 0.5) is 17.1 Å². The maximum absolute atomic E-state index is 6.26. The quantitative estimate of drug-likeness (QED) is 0.181. The van der Waals surface area contributed by atoms with Crippen molar-refractivity contribution in [2.45, 2.75) is 0 Å².